The SMILES string of the molecule is COc1cc(CCCN2CCN(C)CC2)ccc1OCc1ccccc1Cl. The van der Waals surface area contributed by atoms with Crippen LogP contribution in [0, 0.1) is 0 Å². The topological polar surface area (TPSA) is 24.9 Å². The number of piperazine rings is 1. The Morgan fingerprint density at radius 3 is 2.52 bits per heavy atom. The molecule has 1 saturated heterocycles. The molecule has 0 aromatic heterocycles. The predicted octanol–water partition coefficient (Wildman–Crippen LogP) is 4.11. The molecule has 5 heteroatoms. The third-order valence-electron chi connectivity index (χ3n) is 5.10. The summed E-state index contributed by atoms with van der Waals surface area (Å²) in [6, 6.07) is 14.0. The Hall–Kier alpha value is -1.75. The van der Waals surface area contributed by atoms with Crippen LogP contribution in [0.25, 0.3) is 0 Å². The van der Waals surface area contributed by atoms with E-state index < -0.39 is 0 Å². The lowest BCUT2D eigenvalue weighted by Gasteiger charge is -2.32. The molecule has 27 heavy (non-hydrogen) atoms. The molecule has 3 rings (SSSR count). The van der Waals surface area contributed by atoms with Crippen LogP contribution in [0.1, 0.15) is 17.5 Å². The quantitative estimate of drug-likeness (QED) is 0.679. The van der Waals surface area contributed by atoms with Crippen molar-refractivity contribution in [1.82, 2.24) is 9.80 Å². The van der Waals surface area contributed by atoms with Gasteiger partial charge in [-0.05, 0) is 50.2 Å². The van der Waals surface area contributed by atoms with Crippen molar-refractivity contribution in [3.63, 3.8) is 0 Å². The van der Waals surface area contributed by atoms with Crippen LogP contribution < -0.4 is 9.47 Å². The van der Waals surface area contributed by atoms with Gasteiger partial charge in [-0.3, -0.25) is 0 Å². The summed E-state index contributed by atoms with van der Waals surface area (Å²) in [6.45, 7) is 6.28. The standard InChI is InChI=1S/C22H29ClN2O2/c1-24-12-14-25(15-13-24)11-5-6-18-9-10-21(22(16-18)26-2)27-17-19-7-3-4-8-20(19)23/h3-4,7-10,16H,5-6,11-15,17H2,1-2H3. The summed E-state index contributed by atoms with van der Waals surface area (Å²) in [5.74, 6) is 1.53. The lowest BCUT2D eigenvalue weighted by Crippen LogP contribution is -2.44. The van der Waals surface area contributed by atoms with Gasteiger partial charge in [-0.1, -0.05) is 35.9 Å². The molecular formula is C22H29ClN2O2. The van der Waals surface area contributed by atoms with Gasteiger partial charge in [-0.2, -0.15) is 0 Å². The summed E-state index contributed by atoms with van der Waals surface area (Å²) in [5, 5.41) is 0.719. The first kappa shape index (κ1) is 20.0. The van der Waals surface area contributed by atoms with E-state index in [1.165, 1.54) is 31.7 Å². The van der Waals surface area contributed by atoms with E-state index in [2.05, 4.69) is 29.0 Å². The molecule has 1 aliphatic heterocycles. The summed E-state index contributed by atoms with van der Waals surface area (Å²) in [7, 11) is 3.88. The van der Waals surface area contributed by atoms with E-state index in [9.17, 15) is 0 Å². The fourth-order valence-electron chi connectivity index (χ4n) is 3.34. The van der Waals surface area contributed by atoms with Crippen molar-refractivity contribution in [1.29, 1.82) is 0 Å². The van der Waals surface area contributed by atoms with Crippen molar-refractivity contribution < 1.29 is 9.47 Å². The molecule has 1 fully saturated rings. The number of nitrogens with zero attached hydrogens (tertiary/aromatic N) is 2. The highest BCUT2D eigenvalue weighted by molar-refractivity contribution is 6.31. The highest BCUT2D eigenvalue weighted by Gasteiger charge is 2.13. The number of hydrogen-bond acceptors (Lipinski definition) is 4. The van der Waals surface area contributed by atoms with Gasteiger partial charge in [-0.25, -0.2) is 0 Å². The highest BCUT2D eigenvalue weighted by Crippen LogP contribution is 2.30. The zero-order valence-electron chi connectivity index (χ0n) is 16.3. The Morgan fingerprint density at radius 1 is 1.00 bits per heavy atom. The Balaban J connectivity index is 1.52. The summed E-state index contributed by atoms with van der Waals surface area (Å²) in [4.78, 5) is 4.95. The number of likely N-dealkylation sites (N-methyl/N-ethyl adjacent to an activating group) is 1. The van der Waals surface area contributed by atoms with E-state index in [-0.39, 0.29) is 0 Å². The predicted molar refractivity (Wildman–Crippen MR) is 111 cm³/mol. The molecule has 0 saturated carbocycles. The van der Waals surface area contributed by atoms with Gasteiger partial charge in [0.2, 0.25) is 0 Å². The van der Waals surface area contributed by atoms with Crippen molar-refractivity contribution in [2.45, 2.75) is 19.4 Å². The minimum Gasteiger partial charge on any atom is -0.493 e. The summed E-state index contributed by atoms with van der Waals surface area (Å²) < 4.78 is 11.5. The van der Waals surface area contributed by atoms with E-state index in [1.54, 1.807) is 7.11 Å². The van der Waals surface area contributed by atoms with Crippen molar-refractivity contribution in [3.05, 3.63) is 58.6 Å². The van der Waals surface area contributed by atoms with E-state index >= 15 is 0 Å². The van der Waals surface area contributed by atoms with Crippen molar-refractivity contribution in [3.8, 4) is 11.5 Å². The fourth-order valence-corrected chi connectivity index (χ4v) is 3.53. The van der Waals surface area contributed by atoms with Crippen LogP contribution in [-0.2, 0) is 13.0 Å². The van der Waals surface area contributed by atoms with Gasteiger partial charge in [0.25, 0.3) is 0 Å². The summed E-state index contributed by atoms with van der Waals surface area (Å²) >= 11 is 6.20. The maximum absolute atomic E-state index is 6.20. The van der Waals surface area contributed by atoms with E-state index in [1.807, 2.05) is 30.3 Å². The fraction of sp³-hybridized carbons (Fsp3) is 0.455. The summed E-state index contributed by atoms with van der Waals surface area (Å²) in [6.07, 6.45) is 2.21. The molecule has 0 N–H and O–H groups in total. The van der Waals surface area contributed by atoms with Crippen LogP contribution in [0.5, 0.6) is 11.5 Å². The monoisotopic (exact) mass is 388 g/mol. The zero-order chi connectivity index (χ0) is 19.1. The van der Waals surface area contributed by atoms with Crippen LogP contribution in [-0.4, -0.2) is 56.7 Å². The van der Waals surface area contributed by atoms with Crippen LogP contribution in [0.2, 0.25) is 5.02 Å². The van der Waals surface area contributed by atoms with Gasteiger partial charge < -0.3 is 19.3 Å². The van der Waals surface area contributed by atoms with E-state index in [0.29, 0.717) is 6.61 Å². The first-order valence-electron chi connectivity index (χ1n) is 9.59. The Labute approximate surface area is 167 Å². The Kier molecular flexibility index (Phi) is 7.39. The second-order valence-corrected chi connectivity index (χ2v) is 7.52. The van der Waals surface area contributed by atoms with Gasteiger partial charge in [-0.15, -0.1) is 0 Å². The van der Waals surface area contributed by atoms with Crippen LogP contribution >= 0.6 is 11.6 Å². The smallest absolute Gasteiger partial charge is 0.161 e. The molecule has 0 aliphatic carbocycles. The second kappa shape index (κ2) is 9.98. The maximum Gasteiger partial charge on any atom is 0.161 e. The van der Waals surface area contributed by atoms with Gasteiger partial charge in [0.1, 0.15) is 6.61 Å². The van der Waals surface area contributed by atoms with Crippen molar-refractivity contribution in [2.24, 2.45) is 0 Å². The first-order valence-corrected chi connectivity index (χ1v) is 9.97. The third kappa shape index (κ3) is 5.86. The lowest BCUT2D eigenvalue weighted by molar-refractivity contribution is 0.153. The minimum absolute atomic E-state index is 0.429. The Morgan fingerprint density at radius 2 is 1.78 bits per heavy atom. The normalized spacial score (nSPS) is 15.7. The highest BCUT2D eigenvalue weighted by atomic mass is 35.5. The minimum atomic E-state index is 0.429. The second-order valence-electron chi connectivity index (χ2n) is 7.11. The maximum atomic E-state index is 6.20. The number of halogens is 1. The summed E-state index contributed by atoms with van der Waals surface area (Å²) in [5.41, 5.74) is 2.25. The molecule has 146 valence electrons. The van der Waals surface area contributed by atoms with Crippen molar-refractivity contribution >= 4 is 11.6 Å². The first-order chi connectivity index (χ1) is 13.2. The van der Waals surface area contributed by atoms with Crippen molar-refractivity contribution in [2.75, 3.05) is 46.9 Å². The molecule has 0 bridgehead atoms. The van der Waals surface area contributed by atoms with Gasteiger partial charge in [0, 0.05) is 36.8 Å². The third-order valence-corrected chi connectivity index (χ3v) is 5.47. The van der Waals surface area contributed by atoms with Gasteiger partial charge >= 0.3 is 0 Å². The molecule has 0 spiro atoms. The molecule has 0 unspecified atom stereocenters. The van der Waals surface area contributed by atoms with Gasteiger partial charge in [0.05, 0.1) is 7.11 Å². The number of hydrogen-bond donors (Lipinski definition) is 0. The zero-order valence-corrected chi connectivity index (χ0v) is 17.0. The number of ether oxygens (including phenoxy) is 2. The van der Waals surface area contributed by atoms with E-state index in [4.69, 9.17) is 21.1 Å². The molecule has 1 aliphatic rings. The average Bonchev–Trinajstić information content (AvgIpc) is 2.69. The molecular weight excluding hydrogens is 360 g/mol. The molecule has 4 nitrogen and oxygen atoms in total. The Bertz CT molecular complexity index is 730. The molecule has 1 heterocycles. The number of methoxy groups -OCH3 is 1. The van der Waals surface area contributed by atoms with Crippen LogP contribution in [0.15, 0.2) is 42.5 Å². The molecule has 2 aromatic carbocycles. The van der Waals surface area contributed by atoms with E-state index in [0.717, 1.165) is 41.5 Å². The number of benzene rings is 2. The molecule has 0 atom stereocenters. The largest absolute Gasteiger partial charge is 0.493 e. The molecule has 0 amide bonds. The average molecular weight is 389 g/mol. The number of aryl methyl sites for hydroxylation is 1. The molecule has 2 aromatic rings. The molecule has 0 radical (unpaired) electrons. The lowest BCUT2D eigenvalue weighted by atomic mass is 10.1. The number of rotatable bonds is 8. The van der Waals surface area contributed by atoms with Crippen LogP contribution in [0.4, 0.5) is 0 Å². The van der Waals surface area contributed by atoms with Gasteiger partial charge in [0.15, 0.2) is 11.5 Å². The van der Waals surface area contributed by atoms with Crippen LogP contribution in [0.3, 0.4) is 0 Å².